The second-order valence-electron chi connectivity index (χ2n) is 12.6. The molecule has 0 bridgehead atoms. The number of ether oxygens (including phenoxy) is 2. The van der Waals surface area contributed by atoms with E-state index in [1.165, 1.54) is 21.9 Å². The fourth-order valence-electron chi connectivity index (χ4n) is 5.49. The Morgan fingerprint density at radius 1 is 1.16 bits per heavy atom. The van der Waals surface area contributed by atoms with Gasteiger partial charge >= 0.3 is 6.03 Å². The Morgan fingerprint density at radius 2 is 1.88 bits per heavy atom. The van der Waals surface area contributed by atoms with Crippen LogP contribution >= 0.6 is 0 Å². The van der Waals surface area contributed by atoms with Crippen molar-refractivity contribution in [1.82, 2.24) is 15.0 Å². The molecular formula is C34H46FN5O8S. The number of likely N-dealkylation sites (N-methyl/N-ethyl adjacent to an activating group) is 1. The van der Waals surface area contributed by atoms with E-state index in [9.17, 15) is 27.5 Å². The van der Waals surface area contributed by atoms with Gasteiger partial charge in [0.15, 0.2) is 5.76 Å². The van der Waals surface area contributed by atoms with Crippen molar-refractivity contribution < 1.29 is 41.5 Å². The van der Waals surface area contributed by atoms with Gasteiger partial charge in [-0.15, -0.1) is 0 Å². The number of hydrogen-bond donors (Lipinski definition) is 3. The lowest BCUT2D eigenvalue weighted by Gasteiger charge is -2.35. The number of hydrogen-bond acceptors (Lipinski definition) is 9. The van der Waals surface area contributed by atoms with Crippen LogP contribution in [0, 0.1) is 25.6 Å². The molecule has 3 aromatic rings. The topological polar surface area (TPSA) is 164 Å². The summed E-state index contributed by atoms with van der Waals surface area (Å²) in [7, 11) is -2.46. The summed E-state index contributed by atoms with van der Waals surface area (Å²) in [5, 5.41) is 16.9. The number of urea groups is 1. The van der Waals surface area contributed by atoms with Crippen LogP contribution in [-0.4, -0.2) is 92.0 Å². The Balaban J connectivity index is 1.63. The number of amides is 3. The normalized spacial score (nSPS) is 20.0. The fraction of sp³-hybridized carbons (Fsp3) is 0.500. The maximum Gasteiger partial charge on any atom is 0.321 e. The number of halogens is 1. The van der Waals surface area contributed by atoms with Crippen LogP contribution in [0.1, 0.15) is 61.8 Å². The van der Waals surface area contributed by atoms with Gasteiger partial charge in [-0.1, -0.05) is 12.1 Å². The molecule has 0 aliphatic carbocycles. The number of fused-ring (bicyclic) bond motifs is 1. The number of aromatic nitrogens is 1. The number of nitrogens with one attached hydrogen (secondary N) is 2. The Morgan fingerprint density at radius 3 is 2.53 bits per heavy atom. The first kappa shape index (κ1) is 37.6. The maximum absolute atomic E-state index is 14.3. The van der Waals surface area contributed by atoms with Crippen molar-refractivity contribution >= 4 is 33.3 Å². The Kier molecular flexibility index (Phi) is 12.6. The van der Waals surface area contributed by atoms with E-state index < -0.39 is 33.9 Å². The number of rotatable bonds is 8. The molecule has 0 radical (unpaired) electrons. The van der Waals surface area contributed by atoms with Crippen molar-refractivity contribution in [1.29, 1.82) is 0 Å². The third kappa shape index (κ3) is 9.70. The summed E-state index contributed by atoms with van der Waals surface area (Å²) in [4.78, 5) is 30.4. The van der Waals surface area contributed by atoms with Gasteiger partial charge in [0.2, 0.25) is 0 Å². The van der Waals surface area contributed by atoms with Crippen LogP contribution in [0.4, 0.5) is 20.6 Å². The third-order valence-electron chi connectivity index (χ3n) is 8.49. The van der Waals surface area contributed by atoms with Crippen LogP contribution < -0.4 is 14.8 Å². The molecule has 49 heavy (non-hydrogen) atoms. The molecule has 2 heterocycles. The average molecular weight is 704 g/mol. The minimum absolute atomic E-state index is 0.101. The lowest BCUT2D eigenvalue weighted by molar-refractivity contribution is -0.0115. The zero-order valence-electron chi connectivity index (χ0n) is 28.7. The van der Waals surface area contributed by atoms with E-state index in [1.54, 1.807) is 33.9 Å². The zero-order valence-corrected chi connectivity index (χ0v) is 29.5. The van der Waals surface area contributed by atoms with Gasteiger partial charge in [0.25, 0.3) is 15.9 Å². The van der Waals surface area contributed by atoms with E-state index in [0.717, 1.165) is 37.1 Å². The van der Waals surface area contributed by atoms with Crippen molar-refractivity contribution in [3.05, 3.63) is 65.3 Å². The Hall–Kier alpha value is -4.21. The number of aryl methyl sites for hydroxylation is 2. The predicted molar refractivity (Wildman–Crippen MR) is 182 cm³/mol. The molecule has 0 fully saturated rings. The predicted octanol–water partition coefficient (Wildman–Crippen LogP) is 5.19. The first-order valence-electron chi connectivity index (χ1n) is 16.3. The quantitative estimate of drug-likeness (QED) is 0.287. The third-order valence-corrected chi connectivity index (χ3v) is 9.89. The van der Waals surface area contributed by atoms with E-state index in [4.69, 9.17) is 14.0 Å². The highest BCUT2D eigenvalue weighted by Crippen LogP contribution is 2.30. The highest BCUT2D eigenvalue weighted by Gasteiger charge is 2.31. The molecule has 1 aromatic heterocycles. The van der Waals surface area contributed by atoms with E-state index in [2.05, 4.69) is 15.2 Å². The average Bonchev–Trinajstić information content (AvgIpc) is 3.38. The standard InChI is InChI=1S/C34H46FN5O8S/c1-21-18-40(22(2)20-41)33(42)29-17-27(38-49(44,45)28-13-10-26(35)11-14-28)12-15-30(29)47-23(3)9-7-8-16-46-31(21)19-39(6)34(43)36-32-24(4)37-48-25(32)5/h10-15,17,21-23,31,38,41H,7-9,16,18-20H2,1-6H3,(H,36,43)/t21-,22+,23+,31-/m1/s1. The summed E-state index contributed by atoms with van der Waals surface area (Å²) in [6.45, 7) is 9.38. The minimum atomic E-state index is -4.11. The highest BCUT2D eigenvalue weighted by molar-refractivity contribution is 7.92. The van der Waals surface area contributed by atoms with Crippen LogP contribution in [0.3, 0.4) is 0 Å². The highest BCUT2D eigenvalue weighted by atomic mass is 32.2. The van der Waals surface area contributed by atoms with Gasteiger partial charge in [0.1, 0.15) is 22.9 Å². The molecule has 0 unspecified atom stereocenters. The van der Waals surface area contributed by atoms with Gasteiger partial charge in [0.05, 0.1) is 35.3 Å². The molecule has 0 spiro atoms. The van der Waals surface area contributed by atoms with Crippen molar-refractivity contribution in [3.8, 4) is 5.75 Å². The molecule has 0 saturated heterocycles. The maximum atomic E-state index is 14.3. The van der Waals surface area contributed by atoms with Crippen molar-refractivity contribution in [2.24, 2.45) is 5.92 Å². The van der Waals surface area contributed by atoms with Gasteiger partial charge < -0.3 is 34.2 Å². The lowest BCUT2D eigenvalue weighted by Crippen LogP contribution is -2.48. The summed E-state index contributed by atoms with van der Waals surface area (Å²) >= 11 is 0. The van der Waals surface area contributed by atoms with Crippen LogP contribution in [0.25, 0.3) is 0 Å². The van der Waals surface area contributed by atoms with Crippen LogP contribution in [0.2, 0.25) is 0 Å². The molecule has 1 aliphatic heterocycles. The van der Waals surface area contributed by atoms with Crippen LogP contribution in [0.15, 0.2) is 51.9 Å². The largest absolute Gasteiger partial charge is 0.490 e. The molecule has 4 rings (SSSR count). The minimum Gasteiger partial charge on any atom is -0.490 e. The van der Waals surface area contributed by atoms with Gasteiger partial charge in [-0.25, -0.2) is 17.6 Å². The van der Waals surface area contributed by atoms with E-state index >= 15 is 0 Å². The van der Waals surface area contributed by atoms with Gasteiger partial charge in [-0.05, 0) is 89.4 Å². The molecule has 2 aromatic carbocycles. The number of sulfonamides is 1. The lowest BCUT2D eigenvalue weighted by atomic mass is 10.0. The van der Waals surface area contributed by atoms with Crippen LogP contribution in [-0.2, 0) is 14.8 Å². The van der Waals surface area contributed by atoms with E-state index in [0.29, 0.717) is 30.2 Å². The second-order valence-corrected chi connectivity index (χ2v) is 14.3. The number of carbonyl (C=O) groups excluding carboxylic acids is 2. The summed E-state index contributed by atoms with van der Waals surface area (Å²) in [6, 6.07) is 7.83. The first-order chi connectivity index (χ1) is 23.2. The second kappa shape index (κ2) is 16.5. The fourth-order valence-corrected chi connectivity index (χ4v) is 6.54. The first-order valence-corrected chi connectivity index (χ1v) is 17.8. The molecule has 13 nitrogen and oxygen atoms in total. The van der Waals surface area contributed by atoms with E-state index in [-0.39, 0.29) is 59.6 Å². The molecule has 4 atom stereocenters. The molecule has 1 aliphatic rings. The van der Waals surface area contributed by atoms with E-state index in [1.807, 2.05) is 13.8 Å². The van der Waals surface area contributed by atoms with Gasteiger partial charge in [0, 0.05) is 38.3 Å². The molecule has 3 N–H and O–H groups in total. The SMILES string of the molecule is Cc1noc(C)c1NC(=O)N(C)C[C@H]1OCCCC[C@H](C)Oc2ccc(NS(=O)(=O)c3ccc(F)cc3)cc2C(=O)N([C@@H](C)CO)C[C@H]1C. The molecule has 268 valence electrons. The monoisotopic (exact) mass is 703 g/mol. The van der Waals surface area contributed by atoms with Crippen molar-refractivity contribution in [2.45, 2.75) is 77.0 Å². The molecule has 3 amide bonds. The van der Waals surface area contributed by atoms with Crippen molar-refractivity contribution in [2.75, 3.05) is 43.4 Å². The Labute approximate surface area is 286 Å². The van der Waals surface area contributed by atoms with Gasteiger partial charge in [-0.3, -0.25) is 9.52 Å². The van der Waals surface area contributed by atoms with Crippen LogP contribution in [0.5, 0.6) is 5.75 Å². The van der Waals surface area contributed by atoms with Gasteiger partial charge in [-0.2, -0.15) is 0 Å². The smallest absolute Gasteiger partial charge is 0.321 e. The molecule has 0 saturated carbocycles. The summed E-state index contributed by atoms with van der Waals surface area (Å²) in [5.41, 5.74) is 1.26. The number of nitrogens with zero attached hydrogens (tertiary/aromatic N) is 3. The summed E-state index contributed by atoms with van der Waals surface area (Å²) < 4.78 is 59.8. The number of aliphatic hydroxyl groups excluding tert-OH is 1. The van der Waals surface area contributed by atoms with Crippen molar-refractivity contribution in [3.63, 3.8) is 0 Å². The molecule has 15 heteroatoms. The number of carbonyl (C=O) groups is 2. The number of anilines is 2. The zero-order chi connectivity index (χ0) is 35.9. The number of benzene rings is 2. The molecular weight excluding hydrogens is 657 g/mol. The number of aliphatic hydroxyl groups is 1. The summed E-state index contributed by atoms with van der Waals surface area (Å²) in [6.07, 6.45) is 1.41. The summed E-state index contributed by atoms with van der Waals surface area (Å²) in [5.74, 6) is -0.615. The Bertz CT molecular complexity index is 1680.